The van der Waals surface area contributed by atoms with Gasteiger partial charge in [-0.1, -0.05) is 156 Å². The maximum Gasteiger partial charge on any atom is 0.310 e. The highest BCUT2D eigenvalue weighted by Crippen LogP contribution is 2.37. The number of carbonyl (C=O) groups excluding carboxylic acids is 4. The average molecular weight is 734 g/mol. The lowest BCUT2D eigenvalue weighted by molar-refractivity contribution is -0.151. The first-order chi connectivity index (χ1) is 25.3. The molecule has 7 nitrogen and oxygen atoms in total. The largest absolute Gasteiger partial charge is 0.461 e. The number of amides is 1. The Bertz CT molecular complexity index is 1720. The van der Waals surface area contributed by atoms with Gasteiger partial charge in [0.1, 0.15) is 12.4 Å². The summed E-state index contributed by atoms with van der Waals surface area (Å²) >= 11 is 0. The standard InChI is InChI=1S/C45H55NO6Si/c1-33(2)27-41(42(48)30-37(29-35-19-11-7-12-20-35)44(50)51-31-36-21-13-8-14-22-36)46-43(49)38(28-34(3)47)32-52-53(45(4,5)6,39-23-15-9-16-24-39)40-25-17-10-18-26-40/h7-26,33,37-38,41H,27-32H2,1-6H3,(H,46,49)/t37?,38-,41-/m0/s1. The average Bonchev–Trinajstić information content (AvgIpc) is 3.13. The van der Waals surface area contributed by atoms with Crippen LogP contribution in [0.25, 0.3) is 0 Å². The Labute approximate surface area is 316 Å². The molecule has 53 heavy (non-hydrogen) atoms. The van der Waals surface area contributed by atoms with Gasteiger partial charge in [-0.3, -0.25) is 14.4 Å². The summed E-state index contributed by atoms with van der Waals surface area (Å²) in [5.74, 6) is -2.77. The van der Waals surface area contributed by atoms with Crippen molar-refractivity contribution in [2.75, 3.05) is 6.61 Å². The Balaban J connectivity index is 1.58. The van der Waals surface area contributed by atoms with Crippen LogP contribution in [0.3, 0.4) is 0 Å². The number of benzene rings is 4. The van der Waals surface area contributed by atoms with Crippen LogP contribution in [-0.2, 0) is 41.4 Å². The Hall–Kier alpha value is -4.66. The van der Waals surface area contributed by atoms with Crippen LogP contribution < -0.4 is 15.7 Å². The molecule has 3 atom stereocenters. The van der Waals surface area contributed by atoms with Crippen LogP contribution in [0.5, 0.6) is 0 Å². The molecule has 280 valence electrons. The van der Waals surface area contributed by atoms with E-state index < -0.39 is 38.1 Å². The number of hydrogen-bond donors (Lipinski definition) is 1. The molecule has 0 spiro atoms. The van der Waals surface area contributed by atoms with E-state index in [2.05, 4.69) is 50.4 Å². The van der Waals surface area contributed by atoms with Crippen LogP contribution in [0.15, 0.2) is 121 Å². The van der Waals surface area contributed by atoms with E-state index in [0.717, 1.165) is 21.5 Å². The molecule has 0 aliphatic rings. The van der Waals surface area contributed by atoms with Gasteiger partial charge < -0.3 is 19.3 Å². The zero-order valence-electron chi connectivity index (χ0n) is 32.0. The predicted octanol–water partition coefficient (Wildman–Crippen LogP) is 7.25. The van der Waals surface area contributed by atoms with Crippen molar-refractivity contribution in [2.24, 2.45) is 17.8 Å². The fraction of sp³-hybridized carbons (Fsp3) is 0.378. The van der Waals surface area contributed by atoms with Crippen molar-refractivity contribution in [2.45, 2.75) is 84.9 Å². The summed E-state index contributed by atoms with van der Waals surface area (Å²) in [6, 6.07) is 38.4. The van der Waals surface area contributed by atoms with Crippen LogP contribution in [0.4, 0.5) is 0 Å². The van der Waals surface area contributed by atoms with E-state index in [4.69, 9.17) is 9.16 Å². The molecule has 4 aromatic carbocycles. The van der Waals surface area contributed by atoms with E-state index in [9.17, 15) is 19.2 Å². The normalized spacial score (nSPS) is 13.5. The fourth-order valence-corrected chi connectivity index (χ4v) is 11.6. The van der Waals surface area contributed by atoms with E-state index in [1.54, 1.807) is 0 Å². The van der Waals surface area contributed by atoms with Gasteiger partial charge in [0, 0.05) is 19.4 Å². The Kier molecular flexibility index (Phi) is 15.1. The lowest BCUT2D eigenvalue weighted by atomic mass is 9.89. The Morgan fingerprint density at radius 1 is 0.679 bits per heavy atom. The zero-order valence-corrected chi connectivity index (χ0v) is 33.0. The first-order valence-corrected chi connectivity index (χ1v) is 20.5. The number of ether oxygens (including phenoxy) is 1. The van der Waals surface area contributed by atoms with E-state index in [0.29, 0.717) is 12.8 Å². The lowest BCUT2D eigenvalue weighted by Crippen LogP contribution is -2.67. The molecule has 4 rings (SSSR count). The zero-order chi connectivity index (χ0) is 38.4. The van der Waals surface area contributed by atoms with Crippen LogP contribution in [-0.4, -0.2) is 44.4 Å². The van der Waals surface area contributed by atoms with E-state index in [-0.39, 0.29) is 48.6 Å². The minimum absolute atomic E-state index is 0.00370. The van der Waals surface area contributed by atoms with Gasteiger partial charge in [-0.2, -0.15) is 0 Å². The van der Waals surface area contributed by atoms with Gasteiger partial charge in [0.25, 0.3) is 8.32 Å². The van der Waals surface area contributed by atoms with Crippen molar-refractivity contribution in [1.29, 1.82) is 0 Å². The number of Topliss-reactive ketones (excluding diaryl/α,β-unsaturated/α-hetero) is 2. The van der Waals surface area contributed by atoms with Crippen LogP contribution in [0, 0.1) is 17.8 Å². The van der Waals surface area contributed by atoms with Gasteiger partial charge in [0.2, 0.25) is 5.91 Å². The molecule has 4 aromatic rings. The van der Waals surface area contributed by atoms with Crippen molar-refractivity contribution in [3.05, 3.63) is 132 Å². The van der Waals surface area contributed by atoms with Gasteiger partial charge in [0.05, 0.1) is 17.9 Å². The minimum atomic E-state index is -3.01. The third-order valence-corrected chi connectivity index (χ3v) is 14.6. The summed E-state index contributed by atoms with van der Waals surface area (Å²) in [6.07, 6.45) is 0.567. The van der Waals surface area contributed by atoms with Crippen molar-refractivity contribution < 1.29 is 28.3 Å². The van der Waals surface area contributed by atoms with Crippen molar-refractivity contribution in [3.8, 4) is 0 Å². The molecule has 0 heterocycles. The molecular formula is C45H55NO6Si. The molecule has 0 radical (unpaired) electrons. The topological polar surface area (TPSA) is 98.8 Å². The molecule has 0 bridgehead atoms. The first kappa shape index (κ1) is 41.1. The maximum atomic E-state index is 14.2. The molecule has 0 aliphatic carbocycles. The van der Waals surface area contributed by atoms with Gasteiger partial charge in [-0.05, 0) is 52.2 Å². The number of hydrogen-bond acceptors (Lipinski definition) is 6. The molecule has 0 saturated carbocycles. The molecule has 1 amide bonds. The van der Waals surface area contributed by atoms with Crippen LogP contribution in [0.1, 0.15) is 71.9 Å². The van der Waals surface area contributed by atoms with Gasteiger partial charge >= 0.3 is 5.97 Å². The Morgan fingerprint density at radius 2 is 1.17 bits per heavy atom. The fourth-order valence-electron chi connectivity index (χ4n) is 6.96. The first-order valence-electron chi connectivity index (χ1n) is 18.6. The number of esters is 1. The summed E-state index contributed by atoms with van der Waals surface area (Å²) < 4.78 is 12.8. The number of ketones is 2. The summed E-state index contributed by atoms with van der Waals surface area (Å²) in [4.78, 5) is 54.5. The Morgan fingerprint density at radius 3 is 1.64 bits per heavy atom. The lowest BCUT2D eigenvalue weighted by Gasteiger charge is -2.43. The molecule has 8 heteroatoms. The molecule has 0 aromatic heterocycles. The molecular weight excluding hydrogens is 679 g/mol. The quantitative estimate of drug-likeness (QED) is 0.0806. The second-order valence-electron chi connectivity index (χ2n) is 15.4. The molecule has 0 fully saturated rings. The van der Waals surface area contributed by atoms with Crippen molar-refractivity contribution in [3.63, 3.8) is 0 Å². The monoisotopic (exact) mass is 733 g/mol. The number of nitrogens with one attached hydrogen (secondary N) is 1. The van der Waals surface area contributed by atoms with Gasteiger partial charge in [-0.15, -0.1) is 0 Å². The van der Waals surface area contributed by atoms with E-state index in [1.165, 1.54) is 6.92 Å². The second-order valence-corrected chi connectivity index (χ2v) is 19.7. The van der Waals surface area contributed by atoms with Crippen LogP contribution >= 0.6 is 0 Å². The highest BCUT2D eigenvalue weighted by Gasteiger charge is 2.50. The molecule has 0 aliphatic heterocycles. The third kappa shape index (κ3) is 11.7. The maximum absolute atomic E-state index is 14.2. The third-order valence-electron chi connectivity index (χ3n) is 9.56. The number of rotatable bonds is 19. The SMILES string of the molecule is CC(=O)C[C@@H](CO[Si](c1ccccc1)(c1ccccc1)C(C)(C)C)C(=O)N[C@@H](CC(C)C)C(=O)CC(Cc1ccccc1)C(=O)OCc1ccccc1. The van der Waals surface area contributed by atoms with Crippen molar-refractivity contribution >= 4 is 42.1 Å². The second kappa shape index (κ2) is 19.4. The van der Waals surface area contributed by atoms with Gasteiger partial charge in [0.15, 0.2) is 5.78 Å². The van der Waals surface area contributed by atoms with Crippen molar-refractivity contribution in [1.82, 2.24) is 5.32 Å². The van der Waals surface area contributed by atoms with E-state index >= 15 is 0 Å². The summed E-state index contributed by atoms with van der Waals surface area (Å²) in [6.45, 7) is 12.0. The molecule has 1 unspecified atom stereocenters. The smallest absolute Gasteiger partial charge is 0.310 e. The highest BCUT2D eigenvalue weighted by atomic mass is 28.4. The summed E-state index contributed by atoms with van der Waals surface area (Å²) in [5.41, 5.74) is 1.76. The van der Waals surface area contributed by atoms with E-state index in [1.807, 2.05) is 111 Å². The molecule has 1 N–H and O–H groups in total. The summed E-state index contributed by atoms with van der Waals surface area (Å²) in [7, 11) is -3.01. The highest BCUT2D eigenvalue weighted by molar-refractivity contribution is 6.99. The number of carbonyl (C=O) groups is 4. The summed E-state index contributed by atoms with van der Waals surface area (Å²) in [5, 5.41) is 4.82. The van der Waals surface area contributed by atoms with Crippen LogP contribution in [0.2, 0.25) is 5.04 Å². The minimum Gasteiger partial charge on any atom is -0.461 e. The van der Waals surface area contributed by atoms with Gasteiger partial charge in [-0.25, -0.2) is 0 Å². The molecule has 0 saturated heterocycles. The predicted molar refractivity (Wildman–Crippen MR) is 213 cm³/mol.